The number of nitrogens with one attached hydrogen (secondary N) is 1. The molecule has 4 aromatic rings. The number of aromatic nitrogens is 4. The second-order valence-corrected chi connectivity index (χ2v) is 8.33. The van der Waals surface area contributed by atoms with Crippen molar-refractivity contribution in [3.63, 3.8) is 0 Å². The number of halogens is 3. The zero-order chi connectivity index (χ0) is 23.9. The molecule has 1 fully saturated rings. The maximum Gasteiger partial charge on any atom is 0.417 e. The van der Waals surface area contributed by atoms with Gasteiger partial charge in [0.05, 0.1) is 23.6 Å². The number of rotatable bonds is 4. The molecule has 1 aromatic carbocycles. The summed E-state index contributed by atoms with van der Waals surface area (Å²) < 4.78 is 40.6. The Balaban J connectivity index is 1.35. The number of pyridine rings is 1. The summed E-state index contributed by atoms with van der Waals surface area (Å²) in [6.07, 6.45) is 3.69. The fourth-order valence-corrected chi connectivity index (χ4v) is 4.36. The topological polar surface area (TPSA) is 75.4 Å². The van der Waals surface area contributed by atoms with Gasteiger partial charge in [-0.15, -0.1) is 0 Å². The minimum atomic E-state index is -4.53. The molecule has 174 valence electrons. The summed E-state index contributed by atoms with van der Waals surface area (Å²) in [4.78, 5) is 23.1. The number of amides is 1. The van der Waals surface area contributed by atoms with E-state index < -0.39 is 17.6 Å². The van der Waals surface area contributed by atoms with E-state index in [9.17, 15) is 18.0 Å². The highest BCUT2D eigenvalue weighted by atomic mass is 19.4. The highest BCUT2D eigenvalue weighted by Crippen LogP contribution is 2.34. The van der Waals surface area contributed by atoms with Gasteiger partial charge in [0, 0.05) is 43.2 Å². The molecule has 1 atom stereocenters. The first-order valence-electron chi connectivity index (χ1n) is 10.8. The van der Waals surface area contributed by atoms with E-state index >= 15 is 0 Å². The molecule has 0 spiro atoms. The van der Waals surface area contributed by atoms with E-state index in [-0.39, 0.29) is 11.6 Å². The molecule has 34 heavy (non-hydrogen) atoms. The second kappa shape index (κ2) is 8.44. The van der Waals surface area contributed by atoms with E-state index in [1.807, 2.05) is 37.5 Å². The van der Waals surface area contributed by atoms with Crippen LogP contribution < -0.4 is 10.2 Å². The second-order valence-electron chi connectivity index (χ2n) is 8.33. The number of carbonyl (C=O) groups excluding carboxylic acids is 1. The Morgan fingerprint density at radius 2 is 2.03 bits per heavy atom. The monoisotopic (exact) mass is 466 g/mol. The zero-order valence-electron chi connectivity index (χ0n) is 18.3. The Bertz CT molecular complexity index is 1370. The van der Waals surface area contributed by atoms with Gasteiger partial charge in [-0.3, -0.25) is 9.78 Å². The molecule has 4 heterocycles. The van der Waals surface area contributed by atoms with Crippen LogP contribution in [0.25, 0.3) is 5.65 Å². The van der Waals surface area contributed by atoms with Gasteiger partial charge >= 0.3 is 6.18 Å². The molecule has 0 saturated carbocycles. The maximum atomic E-state index is 13.0. The fourth-order valence-electron chi connectivity index (χ4n) is 4.36. The molecule has 0 bridgehead atoms. The Labute approximate surface area is 193 Å². The molecule has 3 aromatic heterocycles. The molecule has 1 aliphatic heterocycles. The van der Waals surface area contributed by atoms with Crippen molar-refractivity contribution < 1.29 is 18.0 Å². The van der Waals surface area contributed by atoms with Gasteiger partial charge in [0.2, 0.25) is 0 Å². The van der Waals surface area contributed by atoms with Crippen molar-refractivity contribution in [2.45, 2.75) is 25.4 Å². The summed E-state index contributed by atoms with van der Waals surface area (Å²) in [6, 6.07) is 8.07. The average molecular weight is 466 g/mol. The zero-order valence-corrected chi connectivity index (χ0v) is 18.3. The number of hydrogen-bond acceptors (Lipinski definition) is 5. The number of carbonyl (C=O) groups is 1. The number of hydrogen-bond donors (Lipinski definition) is 1. The van der Waals surface area contributed by atoms with Gasteiger partial charge < -0.3 is 10.2 Å². The lowest BCUT2D eigenvalue weighted by Crippen LogP contribution is -2.19. The molecular weight excluding hydrogens is 445 g/mol. The van der Waals surface area contributed by atoms with Crippen LogP contribution in [-0.4, -0.2) is 38.6 Å². The van der Waals surface area contributed by atoms with Crippen molar-refractivity contribution in [1.82, 2.24) is 19.6 Å². The number of anilines is 2. The lowest BCUT2D eigenvalue weighted by Gasteiger charge is -2.18. The third kappa shape index (κ3) is 4.18. The van der Waals surface area contributed by atoms with Gasteiger partial charge in [-0.05, 0) is 48.7 Å². The van der Waals surface area contributed by atoms with Crippen LogP contribution in [0.3, 0.4) is 0 Å². The quantitative estimate of drug-likeness (QED) is 0.472. The van der Waals surface area contributed by atoms with Crippen LogP contribution in [0.1, 0.15) is 39.4 Å². The summed E-state index contributed by atoms with van der Waals surface area (Å²) in [7, 11) is 0. The fraction of sp³-hybridized carbons (Fsp3) is 0.250. The number of aryl methyl sites for hydroxylation is 1. The molecule has 0 unspecified atom stereocenters. The predicted molar refractivity (Wildman–Crippen MR) is 121 cm³/mol. The van der Waals surface area contributed by atoms with E-state index in [1.165, 1.54) is 6.20 Å². The highest BCUT2D eigenvalue weighted by molar-refractivity contribution is 6.04. The number of fused-ring (bicyclic) bond motifs is 1. The minimum Gasteiger partial charge on any atom is -0.367 e. The maximum absolute atomic E-state index is 13.0. The average Bonchev–Trinajstić information content (AvgIpc) is 3.46. The van der Waals surface area contributed by atoms with Crippen LogP contribution in [0.15, 0.2) is 61.3 Å². The van der Waals surface area contributed by atoms with Crippen molar-refractivity contribution >= 4 is 22.9 Å². The molecule has 1 saturated heterocycles. The van der Waals surface area contributed by atoms with Crippen LogP contribution in [0, 0.1) is 6.92 Å². The standard InChI is InChI=1S/C24H21F3N6O/c1-15-3-4-16(23(34)31-19-10-18(11-28-12-19)24(25,26)27)9-20(15)17-5-8-32(14-17)21-13-30-33-7-2-6-29-22(21)33/h2-4,6-7,9-13,17H,5,8,14H2,1H3,(H,31,34)/t17-/m0/s1. The van der Waals surface area contributed by atoms with Crippen molar-refractivity contribution in [3.8, 4) is 0 Å². The smallest absolute Gasteiger partial charge is 0.367 e. The van der Waals surface area contributed by atoms with E-state index in [1.54, 1.807) is 16.8 Å². The minimum absolute atomic E-state index is 0.00502. The van der Waals surface area contributed by atoms with Gasteiger partial charge in [-0.2, -0.15) is 18.3 Å². The van der Waals surface area contributed by atoms with Gasteiger partial charge in [0.25, 0.3) is 5.91 Å². The lowest BCUT2D eigenvalue weighted by atomic mass is 9.92. The molecule has 1 amide bonds. The Morgan fingerprint density at radius 1 is 1.18 bits per heavy atom. The summed E-state index contributed by atoms with van der Waals surface area (Å²) in [5.41, 5.74) is 3.32. The normalized spacial score (nSPS) is 16.2. The number of alkyl halides is 3. The lowest BCUT2D eigenvalue weighted by molar-refractivity contribution is -0.137. The first-order valence-corrected chi connectivity index (χ1v) is 10.8. The SMILES string of the molecule is Cc1ccc(C(=O)Nc2cncc(C(F)(F)F)c2)cc1[C@H]1CCN(c2cnn3cccnc23)C1. The summed E-state index contributed by atoms with van der Waals surface area (Å²) in [5, 5.41) is 6.89. The molecule has 0 aliphatic carbocycles. The molecule has 1 N–H and O–H groups in total. The number of nitrogens with zero attached hydrogens (tertiary/aromatic N) is 5. The third-order valence-corrected chi connectivity index (χ3v) is 6.09. The first-order chi connectivity index (χ1) is 16.3. The molecule has 0 radical (unpaired) electrons. The summed E-state index contributed by atoms with van der Waals surface area (Å²) >= 11 is 0. The number of benzene rings is 1. The molecule has 10 heteroatoms. The first kappa shape index (κ1) is 21.9. The Morgan fingerprint density at radius 3 is 2.85 bits per heavy atom. The van der Waals surface area contributed by atoms with Crippen molar-refractivity contribution in [2.75, 3.05) is 23.3 Å². The molecule has 1 aliphatic rings. The highest BCUT2D eigenvalue weighted by Gasteiger charge is 2.31. The van der Waals surface area contributed by atoms with Crippen molar-refractivity contribution in [1.29, 1.82) is 0 Å². The van der Waals surface area contributed by atoms with Crippen LogP contribution in [0.5, 0.6) is 0 Å². The third-order valence-electron chi connectivity index (χ3n) is 6.09. The van der Waals surface area contributed by atoms with Crippen LogP contribution in [0.2, 0.25) is 0 Å². The molecular formula is C24H21F3N6O. The Kier molecular flexibility index (Phi) is 5.43. The Hall–Kier alpha value is -3.95. The van der Waals surface area contributed by atoms with Gasteiger partial charge in [0.1, 0.15) is 5.69 Å². The van der Waals surface area contributed by atoms with Crippen molar-refractivity contribution in [2.24, 2.45) is 0 Å². The van der Waals surface area contributed by atoms with Crippen LogP contribution in [0.4, 0.5) is 24.5 Å². The largest absolute Gasteiger partial charge is 0.417 e. The van der Waals surface area contributed by atoms with Gasteiger partial charge in [-0.1, -0.05) is 6.07 Å². The summed E-state index contributed by atoms with van der Waals surface area (Å²) in [5.74, 6) is -0.286. The summed E-state index contributed by atoms with van der Waals surface area (Å²) in [6.45, 7) is 3.57. The predicted octanol–water partition coefficient (Wildman–Crippen LogP) is 4.70. The van der Waals surface area contributed by atoms with Crippen molar-refractivity contribution in [3.05, 3.63) is 83.6 Å². The van der Waals surface area contributed by atoms with Crippen LogP contribution >= 0.6 is 0 Å². The van der Waals surface area contributed by atoms with E-state index in [2.05, 4.69) is 25.3 Å². The van der Waals surface area contributed by atoms with E-state index in [4.69, 9.17) is 0 Å². The van der Waals surface area contributed by atoms with E-state index in [0.717, 1.165) is 54.2 Å². The van der Waals surface area contributed by atoms with Gasteiger partial charge in [0.15, 0.2) is 5.65 Å². The van der Waals surface area contributed by atoms with Crippen LogP contribution in [-0.2, 0) is 6.18 Å². The van der Waals surface area contributed by atoms with E-state index in [0.29, 0.717) is 5.56 Å². The van der Waals surface area contributed by atoms with Gasteiger partial charge in [-0.25, -0.2) is 9.50 Å². The molecule has 5 rings (SSSR count). The molecule has 7 nitrogen and oxygen atoms in total.